The second-order valence-electron chi connectivity index (χ2n) is 6.03. The van der Waals surface area contributed by atoms with Gasteiger partial charge in [0.1, 0.15) is 6.04 Å². The van der Waals surface area contributed by atoms with Crippen molar-refractivity contribution in [2.45, 2.75) is 51.2 Å². The average molecular weight is 318 g/mol. The lowest BCUT2D eigenvalue weighted by Gasteiger charge is -2.33. The summed E-state index contributed by atoms with van der Waals surface area (Å²) in [5.74, 6) is 0.242. The van der Waals surface area contributed by atoms with Gasteiger partial charge in [-0.3, -0.25) is 9.69 Å². The lowest BCUT2D eigenvalue weighted by molar-refractivity contribution is -0.146. The summed E-state index contributed by atoms with van der Waals surface area (Å²) in [4.78, 5) is 14.1. The first kappa shape index (κ1) is 16.7. The predicted molar refractivity (Wildman–Crippen MR) is 80.9 cm³/mol. The molecule has 2 rings (SSSR count). The number of rotatable bonds is 7. The van der Waals surface area contributed by atoms with Gasteiger partial charge in [-0.05, 0) is 33.1 Å². The van der Waals surface area contributed by atoms with Gasteiger partial charge in [0.05, 0.1) is 18.1 Å². The summed E-state index contributed by atoms with van der Waals surface area (Å²) in [5, 5.41) is 3.33. The van der Waals surface area contributed by atoms with Crippen molar-refractivity contribution in [3.05, 3.63) is 0 Å². The lowest BCUT2D eigenvalue weighted by Crippen LogP contribution is -2.49. The van der Waals surface area contributed by atoms with Crippen molar-refractivity contribution in [3.63, 3.8) is 0 Å². The topological polar surface area (TPSA) is 75.7 Å². The van der Waals surface area contributed by atoms with Crippen LogP contribution in [0.5, 0.6) is 0 Å². The van der Waals surface area contributed by atoms with Crippen molar-refractivity contribution in [2.75, 3.05) is 31.2 Å². The Bertz CT molecular complexity index is 462. The van der Waals surface area contributed by atoms with Crippen molar-refractivity contribution in [3.8, 4) is 0 Å². The largest absolute Gasteiger partial charge is 0.465 e. The Kier molecular flexibility index (Phi) is 5.62. The number of hydrogen-bond acceptors (Lipinski definition) is 6. The van der Waals surface area contributed by atoms with Crippen LogP contribution >= 0.6 is 0 Å². The number of esters is 1. The quantitative estimate of drug-likeness (QED) is 0.675. The van der Waals surface area contributed by atoms with E-state index in [4.69, 9.17) is 4.74 Å². The summed E-state index contributed by atoms with van der Waals surface area (Å²) >= 11 is 0. The fraction of sp³-hybridized carbons (Fsp3) is 0.929. The number of carbonyl (C=O) groups is 1. The molecule has 2 atom stereocenters. The Morgan fingerprint density at radius 2 is 2.14 bits per heavy atom. The highest BCUT2D eigenvalue weighted by Crippen LogP contribution is 2.21. The van der Waals surface area contributed by atoms with Gasteiger partial charge in [0.25, 0.3) is 0 Å². The third-order valence-electron chi connectivity index (χ3n) is 4.10. The van der Waals surface area contributed by atoms with Crippen LogP contribution in [0.25, 0.3) is 0 Å². The van der Waals surface area contributed by atoms with Crippen LogP contribution in [-0.4, -0.2) is 68.6 Å². The highest BCUT2D eigenvalue weighted by molar-refractivity contribution is 7.91. The Labute approximate surface area is 127 Å². The van der Waals surface area contributed by atoms with Crippen molar-refractivity contribution in [1.82, 2.24) is 10.2 Å². The zero-order chi connectivity index (χ0) is 15.5. The molecular formula is C14H26N2O4S. The van der Waals surface area contributed by atoms with E-state index in [0.717, 1.165) is 19.4 Å². The Hall–Kier alpha value is -0.660. The standard InChI is InChI=1S/C14H26N2O4S/c1-3-20-14(17)13(15-12-4-5-12)6-7-16-8-9-21(18,19)10-11(16)2/h11-13,15H,3-10H2,1-2H3. The molecule has 122 valence electrons. The van der Waals surface area contributed by atoms with Crippen molar-refractivity contribution in [2.24, 2.45) is 0 Å². The fourth-order valence-electron chi connectivity index (χ4n) is 2.71. The minimum absolute atomic E-state index is 0.0209. The van der Waals surface area contributed by atoms with E-state index in [9.17, 15) is 13.2 Å². The summed E-state index contributed by atoms with van der Waals surface area (Å²) in [6, 6.07) is 0.189. The third kappa shape index (κ3) is 5.23. The molecule has 1 saturated carbocycles. The second kappa shape index (κ2) is 7.07. The van der Waals surface area contributed by atoms with E-state index in [0.29, 0.717) is 25.6 Å². The van der Waals surface area contributed by atoms with E-state index >= 15 is 0 Å². The van der Waals surface area contributed by atoms with E-state index in [1.807, 2.05) is 13.8 Å². The number of nitrogens with one attached hydrogen (secondary N) is 1. The maximum Gasteiger partial charge on any atom is 0.323 e. The molecule has 2 unspecified atom stereocenters. The van der Waals surface area contributed by atoms with Gasteiger partial charge in [-0.1, -0.05) is 0 Å². The van der Waals surface area contributed by atoms with Crippen LogP contribution in [0.1, 0.15) is 33.1 Å². The van der Waals surface area contributed by atoms with E-state index in [1.165, 1.54) is 0 Å². The van der Waals surface area contributed by atoms with Gasteiger partial charge < -0.3 is 10.1 Å². The van der Waals surface area contributed by atoms with Crippen molar-refractivity contribution >= 4 is 15.8 Å². The Balaban J connectivity index is 1.84. The van der Waals surface area contributed by atoms with E-state index in [-0.39, 0.29) is 29.6 Å². The molecule has 0 aromatic heterocycles. The molecule has 2 fully saturated rings. The smallest absolute Gasteiger partial charge is 0.323 e. The SMILES string of the molecule is CCOC(=O)C(CCN1CCS(=O)(=O)CC1C)NC1CC1. The number of nitrogens with zero attached hydrogens (tertiary/aromatic N) is 1. The predicted octanol–water partition coefficient (Wildman–Crippen LogP) is 0.179. The molecule has 0 radical (unpaired) electrons. The number of ether oxygens (including phenoxy) is 1. The molecule has 1 aliphatic carbocycles. The number of carbonyl (C=O) groups excluding carboxylic acids is 1. The van der Waals surface area contributed by atoms with E-state index < -0.39 is 9.84 Å². The molecule has 0 bridgehead atoms. The summed E-state index contributed by atoms with van der Waals surface area (Å²) < 4.78 is 28.3. The number of sulfone groups is 1. The van der Waals surface area contributed by atoms with Crippen molar-refractivity contribution in [1.29, 1.82) is 0 Å². The Morgan fingerprint density at radius 3 is 2.71 bits per heavy atom. The van der Waals surface area contributed by atoms with E-state index in [2.05, 4.69) is 10.2 Å². The minimum Gasteiger partial charge on any atom is -0.465 e. The molecule has 1 saturated heterocycles. The summed E-state index contributed by atoms with van der Waals surface area (Å²) in [7, 11) is -2.89. The molecule has 1 aliphatic heterocycles. The molecule has 21 heavy (non-hydrogen) atoms. The summed E-state index contributed by atoms with van der Waals surface area (Å²) in [5.41, 5.74) is 0. The van der Waals surface area contributed by atoms with Crippen LogP contribution in [0.3, 0.4) is 0 Å². The third-order valence-corrected chi connectivity index (χ3v) is 5.89. The molecule has 0 aromatic carbocycles. The number of hydrogen-bond donors (Lipinski definition) is 1. The molecule has 6 nitrogen and oxygen atoms in total. The highest BCUT2D eigenvalue weighted by atomic mass is 32.2. The van der Waals surface area contributed by atoms with Crippen LogP contribution in [0.15, 0.2) is 0 Å². The van der Waals surface area contributed by atoms with Gasteiger partial charge in [0, 0.05) is 25.2 Å². The van der Waals surface area contributed by atoms with Gasteiger partial charge in [-0.15, -0.1) is 0 Å². The maximum atomic E-state index is 12.0. The molecule has 1 heterocycles. The van der Waals surface area contributed by atoms with Crippen molar-refractivity contribution < 1.29 is 17.9 Å². The van der Waals surface area contributed by atoms with Crippen LogP contribution < -0.4 is 5.32 Å². The van der Waals surface area contributed by atoms with Crippen LogP contribution in [0, 0.1) is 0 Å². The Morgan fingerprint density at radius 1 is 1.43 bits per heavy atom. The van der Waals surface area contributed by atoms with Crippen LogP contribution in [-0.2, 0) is 19.4 Å². The van der Waals surface area contributed by atoms with Gasteiger partial charge in [0.15, 0.2) is 9.84 Å². The maximum absolute atomic E-state index is 12.0. The zero-order valence-corrected chi connectivity index (χ0v) is 13.7. The van der Waals surface area contributed by atoms with Crippen LogP contribution in [0.2, 0.25) is 0 Å². The molecule has 7 heteroatoms. The highest BCUT2D eigenvalue weighted by Gasteiger charge is 2.32. The first-order valence-corrected chi connectivity index (χ1v) is 9.60. The minimum atomic E-state index is -2.89. The molecule has 0 amide bonds. The first-order chi connectivity index (χ1) is 9.91. The normalized spacial score (nSPS) is 27.2. The average Bonchev–Trinajstić information content (AvgIpc) is 3.19. The summed E-state index contributed by atoms with van der Waals surface area (Å²) in [6.45, 7) is 5.41. The first-order valence-electron chi connectivity index (χ1n) is 7.78. The van der Waals surface area contributed by atoms with Gasteiger partial charge in [-0.25, -0.2) is 8.42 Å². The monoisotopic (exact) mass is 318 g/mol. The fourth-order valence-corrected chi connectivity index (χ4v) is 4.33. The van der Waals surface area contributed by atoms with E-state index in [1.54, 1.807) is 0 Å². The molecule has 1 N–H and O–H groups in total. The molecule has 0 spiro atoms. The second-order valence-corrected chi connectivity index (χ2v) is 8.26. The van der Waals surface area contributed by atoms with Gasteiger partial charge in [-0.2, -0.15) is 0 Å². The molecule has 2 aliphatic rings. The summed E-state index contributed by atoms with van der Waals surface area (Å²) in [6.07, 6.45) is 2.91. The molecule has 0 aromatic rings. The van der Waals surface area contributed by atoms with Gasteiger partial charge in [0.2, 0.25) is 0 Å². The molecular weight excluding hydrogens is 292 g/mol. The lowest BCUT2D eigenvalue weighted by atomic mass is 10.1. The van der Waals surface area contributed by atoms with Crippen LogP contribution in [0.4, 0.5) is 0 Å². The van der Waals surface area contributed by atoms with Gasteiger partial charge >= 0.3 is 5.97 Å². The zero-order valence-electron chi connectivity index (χ0n) is 12.9.